The second kappa shape index (κ2) is 18.6. The first-order chi connectivity index (χ1) is 28.1. The molecule has 8 rings (SSSR count). The maximum atomic E-state index is 13.3. The van der Waals surface area contributed by atoms with E-state index in [0.29, 0.717) is 61.0 Å². The summed E-state index contributed by atoms with van der Waals surface area (Å²) in [6.07, 6.45) is 16.7. The minimum Gasteiger partial charge on any atom is -0.462 e. The summed E-state index contributed by atoms with van der Waals surface area (Å²) in [6.45, 7) is 7.20. The molecule has 6 aliphatic carbocycles. The van der Waals surface area contributed by atoms with Gasteiger partial charge in [-0.1, -0.05) is 57.2 Å². The third kappa shape index (κ3) is 9.30. The van der Waals surface area contributed by atoms with E-state index in [1.54, 1.807) is 13.8 Å². The fraction of sp³-hybridized carbons (Fsp3) is 0.750. The molecule has 2 saturated heterocycles. The smallest absolute Gasteiger partial charge is 0.306 e. The minimum atomic E-state index is -0.783. The lowest BCUT2D eigenvalue weighted by Crippen LogP contribution is -2.35. The van der Waals surface area contributed by atoms with Crippen molar-refractivity contribution in [3.8, 4) is 0 Å². The molecule has 4 fully saturated rings. The van der Waals surface area contributed by atoms with Crippen LogP contribution in [-0.2, 0) is 28.7 Å². The summed E-state index contributed by atoms with van der Waals surface area (Å²) < 4.78 is 11.3. The predicted octanol–water partition coefficient (Wildman–Crippen LogP) is 5.36. The summed E-state index contributed by atoms with van der Waals surface area (Å²) in [5.74, 6) is -0.514. The van der Waals surface area contributed by atoms with E-state index in [2.05, 4.69) is 30.4 Å². The number of carbonyl (C=O) groups is 4. The summed E-state index contributed by atoms with van der Waals surface area (Å²) in [6, 6.07) is 0. The highest BCUT2D eigenvalue weighted by Crippen LogP contribution is 2.55. The van der Waals surface area contributed by atoms with Crippen LogP contribution in [0.2, 0.25) is 0 Å². The molecule has 2 heterocycles. The molecule has 5 N–H and O–H groups in total. The number of cyclic esters (lactones) is 2. The molecule has 0 bridgehead atoms. The number of aliphatic hydroxyl groups is 5. The predicted molar refractivity (Wildman–Crippen MR) is 219 cm³/mol. The topological polar surface area (TPSA) is 188 Å². The molecule has 8 aliphatic rings. The Hall–Kier alpha value is -2.96. The van der Waals surface area contributed by atoms with Gasteiger partial charge >= 0.3 is 11.9 Å². The Kier molecular flexibility index (Phi) is 13.9. The third-order valence-corrected chi connectivity index (χ3v) is 15.7. The van der Waals surface area contributed by atoms with Crippen molar-refractivity contribution < 1.29 is 54.2 Å². The van der Waals surface area contributed by atoms with Gasteiger partial charge in [0.25, 0.3) is 0 Å². The summed E-state index contributed by atoms with van der Waals surface area (Å²) in [7, 11) is 0. The molecule has 0 spiro atoms. The number of rotatable bonds is 2. The second-order valence-corrected chi connectivity index (χ2v) is 19.4. The fourth-order valence-electron chi connectivity index (χ4n) is 12.2. The van der Waals surface area contributed by atoms with Crippen LogP contribution in [0.1, 0.15) is 111 Å². The van der Waals surface area contributed by atoms with E-state index in [0.717, 1.165) is 38.5 Å². The van der Waals surface area contributed by atoms with Gasteiger partial charge in [-0.3, -0.25) is 19.2 Å². The number of allylic oxidation sites excluding steroid dienone is 8. The quantitative estimate of drug-likeness (QED) is 0.178. The van der Waals surface area contributed by atoms with Gasteiger partial charge in [-0.15, -0.1) is 0 Å². The normalized spacial score (nSPS) is 45.4. The van der Waals surface area contributed by atoms with Crippen molar-refractivity contribution in [1.82, 2.24) is 0 Å². The summed E-state index contributed by atoms with van der Waals surface area (Å²) >= 11 is 0. The Labute approximate surface area is 349 Å². The summed E-state index contributed by atoms with van der Waals surface area (Å²) in [4.78, 5) is 52.2. The van der Waals surface area contributed by atoms with Gasteiger partial charge in [-0.2, -0.15) is 0 Å². The lowest BCUT2D eigenvalue weighted by atomic mass is 9.70. The average molecular weight is 821 g/mol. The fourth-order valence-corrected chi connectivity index (χ4v) is 12.2. The number of hydrogen-bond donors (Lipinski definition) is 5. The van der Waals surface area contributed by atoms with E-state index < -0.39 is 36.3 Å². The Bertz CT molecular complexity index is 1690. The van der Waals surface area contributed by atoms with E-state index in [1.807, 2.05) is 19.9 Å². The van der Waals surface area contributed by atoms with Crippen LogP contribution >= 0.6 is 0 Å². The van der Waals surface area contributed by atoms with Crippen molar-refractivity contribution >= 4 is 23.5 Å². The molecule has 0 aromatic heterocycles. The zero-order chi connectivity index (χ0) is 42.3. The zero-order valence-electron chi connectivity index (χ0n) is 35.3. The molecule has 11 heteroatoms. The van der Waals surface area contributed by atoms with Crippen LogP contribution in [0.5, 0.6) is 0 Å². The van der Waals surface area contributed by atoms with E-state index in [4.69, 9.17) is 9.47 Å². The minimum absolute atomic E-state index is 0.0270. The van der Waals surface area contributed by atoms with Gasteiger partial charge in [0.15, 0.2) is 11.6 Å². The number of Topliss-reactive ketones (excluding diaryl/α,β-unsaturated/α-hetero) is 2. The van der Waals surface area contributed by atoms with Crippen molar-refractivity contribution in [2.75, 3.05) is 0 Å². The van der Waals surface area contributed by atoms with E-state index in [1.165, 1.54) is 0 Å². The standard InChI is InChI=1S/C24H34O6.C24H34O5/c1-12-21(27)4-3-5-22(13(2)25)30-23(28)11-19-16-7-6-14-8-15(26)9-17(14)18(16)10-20(19)24(12)29;1-3-16-5-4-6-22(26)13(2)24(28)21-11-19-17(20(21)12-23(27)29-16)8-7-14-9-15(25)10-18(14)19/h6-7,10,12-19,21-22,25-27H,3-5,8-9,11H2,1-2H3;7-8,11,13-20,22,25-26H,3-6,9-10,12H2,1-2H3. The van der Waals surface area contributed by atoms with Crippen LogP contribution in [0.4, 0.5) is 0 Å². The molecular formula is C48H68O11. The van der Waals surface area contributed by atoms with Crippen molar-refractivity contribution in [2.45, 2.75) is 154 Å². The number of ketones is 2. The Morgan fingerprint density at radius 3 is 1.54 bits per heavy atom. The van der Waals surface area contributed by atoms with Gasteiger partial charge in [0.2, 0.25) is 0 Å². The lowest BCUT2D eigenvalue weighted by Gasteiger charge is -2.34. The Morgan fingerprint density at radius 1 is 0.627 bits per heavy atom. The van der Waals surface area contributed by atoms with Crippen molar-refractivity contribution in [2.24, 2.45) is 71.0 Å². The van der Waals surface area contributed by atoms with Gasteiger partial charge in [-0.05, 0) is 136 Å². The molecular weight excluding hydrogens is 753 g/mol. The van der Waals surface area contributed by atoms with Gasteiger partial charge in [0.1, 0.15) is 12.2 Å². The van der Waals surface area contributed by atoms with Crippen LogP contribution in [-0.4, -0.2) is 91.8 Å². The molecule has 0 radical (unpaired) electrons. The molecule has 2 aliphatic heterocycles. The van der Waals surface area contributed by atoms with E-state index in [-0.39, 0.29) is 96.1 Å². The SMILES string of the molecule is CC(O)C1CCCC(O)C(C)C(=O)C2=CC3C(C=CC4CC(O)CC43)C2CC(=O)O1.CCC1CCCC(O)C(C)C(=O)C2=CC3C(C=CC4CC(O)CC43)C2CC(=O)O1. The highest BCUT2D eigenvalue weighted by Gasteiger charge is 2.51. The number of fused-ring (bicyclic) bond motifs is 10. The first kappa shape index (κ1) is 44.1. The van der Waals surface area contributed by atoms with Crippen LogP contribution in [0.15, 0.2) is 47.6 Å². The maximum Gasteiger partial charge on any atom is 0.306 e. The van der Waals surface area contributed by atoms with Gasteiger partial charge in [-0.25, -0.2) is 0 Å². The summed E-state index contributed by atoms with van der Waals surface area (Å²) in [5.41, 5.74) is 1.33. The number of esters is 2. The largest absolute Gasteiger partial charge is 0.462 e. The Balaban J connectivity index is 0.000000179. The van der Waals surface area contributed by atoms with Crippen molar-refractivity contribution in [1.29, 1.82) is 0 Å². The molecule has 2 saturated carbocycles. The molecule has 59 heavy (non-hydrogen) atoms. The van der Waals surface area contributed by atoms with E-state index >= 15 is 0 Å². The monoisotopic (exact) mass is 820 g/mol. The van der Waals surface area contributed by atoms with Gasteiger partial charge in [0, 0.05) is 23.7 Å². The maximum absolute atomic E-state index is 13.3. The van der Waals surface area contributed by atoms with E-state index in [9.17, 15) is 44.7 Å². The first-order valence-corrected chi connectivity index (χ1v) is 22.8. The highest BCUT2D eigenvalue weighted by molar-refractivity contribution is 5.99. The van der Waals surface area contributed by atoms with Gasteiger partial charge in [0.05, 0.1) is 43.4 Å². The third-order valence-electron chi connectivity index (χ3n) is 15.7. The highest BCUT2D eigenvalue weighted by atomic mass is 16.6. The lowest BCUT2D eigenvalue weighted by molar-refractivity contribution is -0.156. The summed E-state index contributed by atoms with van der Waals surface area (Å²) in [5, 5.41) is 51.6. The van der Waals surface area contributed by atoms with Crippen LogP contribution < -0.4 is 0 Å². The van der Waals surface area contributed by atoms with Crippen LogP contribution in [0, 0.1) is 71.0 Å². The number of aliphatic hydroxyl groups excluding tert-OH is 5. The first-order valence-electron chi connectivity index (χ1n) is 22.8. The zero-order valence-corrected chi connectivity index (χ0v) is 35.3. The molecule has 0 aromatic carbocycles. The van der Waals surface area contributed by atoms with Crippen LogP contribution in [0.25, 0.3) is 0 Å². The molecule has 11 nitrogen and oxygen atoms in total. The molecule has 19 atom stereocenters. The average Bonchev–Trinajstić information content (AvgIpc) is 3.97. The second-order valence-electron chi connectivity index (χ2n) is 19.4. The molecule has 0 amide bonds. The molecule has 326 valence electrons. The number of carbonyl (C=O) groups excluding carboxylic acids is 4. The molecule has 19 unspecified atom stereocenters. The van der Waals surface area contributed by atoms with Crippen LogP contribution in [0.3, 0.4) is 0 Å². The molecule has 0 aromatic rings. The Morgan fingerprint density at radius 2 is 1.08 bits per heavy atom. The number of hydrogen-bond acceptors (Lipinski definition) is 11. The van der Waals surface area contributed by atoms with Gasteiger partial charge < -0.3 is 35.0 Å². The number of ether oxygens (including phenoxy) is 2. The van der Waals surface area contributed by atoms with Crippen molar-refractivity contribution in [3.05, 3.63) is 47.6 Å². The van der Waals surface area contributed by atoms with Crippen molar-refractivity contribution in [3.63, 3.8) is 0 Å².